The molecule has 0 unspecified atom stereocenters. The molecule has 0 amide bonds. The first kappa shape index (κ1) is 24.0. The van der Waals surface area contributed by atoms with Gasteiger partial charge in [0.1, 0.15) is 11.5 Å². The van der Waals surface area contributed by atoms with Crippen molar-refractivity contribution in [2.75, 3.05) is 17.6 Å². The number of anilines is 2. The van der Waals surface area contributed by atoms with Crippen molar-refractivity contribution in [1.82, 2.24) is 9.97 Å². The van der Waals surface area contributed by atoms with Gasteiger partial charge in [0.25, 0.3) is 10.0 Å². The van der Waals surface area contributed by atoms with Gasteiger partial charge in [-0.2, -0.15) is 4.98 Å². The van der Waals surface area contributed by atoms with E-state index in [4.69, 9.17) is 15.2 Å². The molecule has 0 aliphatic carbocycles. The molecule has 0 atom stereocenters. The average Bonchev–Trinajstić information content (AvgIpc) is 2.83. The van der Waals surface area contributed by atoms with Gasteiger partial charge in [-0.1, -0.05) is 50.2 Å². The van der Waals surface area contributed by atoms with Crippen molar-refractivity contribution >= 4 is 21.7 Å². The molecule has 9 heteroatoms. The Morgan fingerprint density at radius 2 is 1.63 bits per heavy atom. The van der Waals surface area contributed by atoms with Crippen LogP contribution in [0.2, 0.25) is 0 Å². The van der Waals surface area contributed by atoms with Crippen LogP contribution in [0.4, 0.5) is 11.6 Å². The first-order chi connectivity index (χ1) is 16.7. The topological polar surface area (TPSA) is 116 Å². The third-order valence-electron chi connectivity index (χ3n) is 5.22. The number of aromatic nitrogens is 2. The van der Waals surface area contributed by atoms with Gasteiger partial charge in [-0.05, 0) is 41.8 Å². The number of hydrogen-bond donors (Lipinski definition) is 2. The summed E-state index contributed by atoms with van der Waals surface area (Å²) in [5.74, 6) is 1.37. The molecule has 0 spiro atoms. The zero-order chi connectivity index (χ0) is 25.0. The number of nitrogens with zero attached hydrogens (tertiary/aromatic N) is 2. The molecule has 0 radical (unpaired) electrons. The van der Waals surface area contributed by atoms with Crippen LogP contribution in [-0.4, -0.2) is 25.5 Å². The Bertz CT molecular complexity index is 1460. The average molecular weight is 491 g/mol. The minimum atomic E-state index is -3.99. The van der Waals surface area contributed by atoms with E-state index in [-0.39, 0.29) is 22.6 Å². The van der Waals surface area contributed by atoms with E-state index >= 15 is 0 Å². The fourth-order valence-electron chi connectivity index (χ4n) is 3.54. The van der Waals surface area contributed by atoms with E-state index in [0.717, 1.165) is 11.1 Å². The highest BCUT2D eigenvalue weighted by molar-refractivity contribution is 7.92. The van der Waals surface area contributed by atoms with Gasteiger partial charge in [-0.3, -0.25) is 0 Å². The quantitative estimate of drug-likeness (QED) is 0.315. The number of benzene rings is 3. The van der Waals surface area contributed by atoms with Gasteiger partial charge >= 0.3 is 0 Å². The maximum Gasteiger partial charge on any atom is 0.264 e. The lowest BCUT2D eigenvalue weighted by Crippen LogP contribution is -2.16. The SMILES string of the molecule is COc1cccc(Oc2cc(-c3ccccc3C(C)C)nc(NS(=O)(=O)c3cccc(N)c3)n2)c1. The van der Waals surface area contributed by atoms with Crippen molar-refractivity contribution in [3.63, 3.8) is 0 Å². The zero-order valence-corrected chi connectivity index (χ0v) is 20.4. The van der Waals surface area contributed by atoms with Crippen molar-refractivity contribution in [3.8, 4) is 28.6 Å². The summed E-state index contributed by atoms with van der Waals surface area (Å²) in [6.07, 6.45) is 0. The Balaban J connectivity index is 1.80. The minimum Gasteiger partial charge on any atom is -0.497 e. The molecule has 180 valence electrons. The van der Waals surface area contributed by atoms with Gasteiger partial charge in [0, 0.05) is 23.4 Å². The van der Waals surface area contributed by atoms with Crippen molar-refractivity contribution in [1.29, 1.82) is 0 Å². The third kappa shape index (κ3) is 5.70. The molecule has 0 fully saturated rings. The Morgan fingerprint density at radius 3 is 2.37 bits per heavy atom. The maximum atomic E-state index is 13.0. The molecule has 3 N–H and O–H groups in total. The van der Waals surface area contributed by atoms with Gasteiger partial charge < -0.3 is 15.2 Å². The lowest BCUT2D eigenvalue weighted by molar-refractivity contribution is 0.407. The Labute approximate surface area is 204 Å². The van der Waals surface area contributed by atoms with Crippen LogP contribution in [0.1, 0.15) is 25.3 Å². The van der Waals surface area contributed by atoms with E-state index in [1.807, 2.05) is 24.3 Å². The van der Waals surface area contributed by atoms with Crippen LogP contribution in [-0.2, 0) is 10.0 Å². The predicted octanol–water partition coefficient (Wildman–Crippen LogP) is 5.45. The third-order valence-corrected chi connectivity index (χ3v) is 6.54. The summed E-state index contributed by atoms with van der Waals surface area (Å²) in [4.78, 5) is 8.84. The van der Waals surface area contributed by atoms with Crippen LogP contribution < -0.4 is 19.9 Å². The molecule has 4 rings (SSSR count). The van der Waals surface area contributed by atoms with Crippen LogP contribution in [0.5, 0.6) is 17.4 Å². The number of nitrogen functional groups attached to an aromatic ring is 1. The smallest absolute Gasteiger partial charge is 0.264 e. The van der Waals surface area contributed by atoms with Crippen molar-refractivity contribution in [2.45, 2.75) is 24.7 Å². The number of methoxy groups -OCH3 is 1. The van der Waals surface area contributed by atoms with Gasteiger partial charge in [0.15, 0.2) is 0 Å². The van der Waals surface area contributed by atoms with E-state index in [1.54, 1.807) is 49.6 Å². The van der Waals surface area contributed by atoms with Gasteiger partial charge in [0.2, 0.25) is 11.8 Å². The normalized spacial score (nSPS) is 11.3. The lowest BCUT2D eigenvalue weighted by Gasteiger charge is -2.15. The highest BCUT2D eigenvalue weighted by Gasteiger charge is 2.19. The van der Waals surface area contributed by atoms with Crippen molar-refractivity contribution in [2.24, 2.45) is 0 Å². The van der Waals surface area contributed by atoms with Crippen LogP contribution in [0.25, 0.3) is 11.3 Å². The molecule has 1 aromatic heterocycles. The van der Waals surface area contributed by atoms with E-state index in [0.29, 0.717) is 22.9 Å². The zero-order valence-electron chi connectivity index (χ0n) is 19.6. The molecular formula is C26H26N4O4S. The standard InChI is InChI=1S/C26H26N4O4S/c1-17(2)22-12-4-5-13-23(22)24-16-25(34-20-10-7-9-19(15-20)33-3)29-26(28-24)30-35(31,32)21-11-6-8-18(27)14-21/h4-17H,27H2,1-3H3,(H,28,29,30). The van der Waals surface area contributed by atoms with Gasteiger partial charge in [-0.25, -0.2) is 18.1 Å². The fourth-order valence-corrected chi connectivity index (χ4v) is 4.54. The first-order valence-electron chi connectivity index (χ1n) is 10.9. The summed E-state index contributed by atoms with van der Waals surface area (Å²) in [5.41, 5.74) is 8.53. The number of ether oxygens (including phenoxy) is 2. The van der Waals surface area contributed by atoms with Crippen LogP contribution in [0.15, 0.2) is 83.8 Å². The second-order valence-corrected chi connectivity index (χ2v) is 9.80. The summed E-state index contributed by atoms with van der Waals surface area (Å²) in [6, 6.07) is 22.5. The van der Waals surface area contributed by atoms with Crippen molar-refractivity contribution in [3.05, 3.63) is 84.4 Å². The molecule has 8 nitrogen and oxygen atoms in total. The summed E-state index contributed by atoms with van der Waals surface area (Å²) in [6.45, 7) is 4.16. The van der Waals surface area contributed by atoms with Gasteiger partial charge in [-0.15, -0.1) is 0 Å². The Hall–Kier alpha value is -4.11. The van der Waals surface area contributed by atoms with E-state index in [2.05, 4.69) is 28.5 Å². The molecule has 0 aliphatic heterocycles. The minimum absolute atomic E-state index is 0.00403. The second kappa shape index (κ2) is 10.0. The molecule has 35 heavy (non-hydrogen) atoms. The Morgan fingerprint density at radius 1 is 0.886 bits per heavy atom. The van der Waals surface area contributed by atoms with Crippen molar-refractivity contribution < 1.29 is 17.9 Å². The van der Waals surface area contributed by atoms with Crippen LogP contribution >= 0.6 is 0 Å². The maximum absolute atomic E-state index is 13.0. The second-order valence-electron chi connectivity index (χ2n) is 8.12. The Kier molecular flexibility index (Phi) is 6.88. The summed E-state index contributed by atoms with van der Waals surface area (Å²) in [7, 11) is -2.43. The summed E-state index contributed by atoms with van der Waals surface area (Å²) >= 11 is 0. The van der Waals surface area contributed by atoms with Crippen LogP contribution in [0, 0.1) is 0 Å². The highest BCUT2D eigenvalue weighted by atomic mass is 32.2. The molecule has 4 aromatic rings. The fraction of sp³-hybridized carbons (Fsp3) is 0.154. The monoisotopic (exact) mass is 490 g/mol. The number of hydrogen-bond acceptors (Lipinski definition) is 7. The largest absolute Gasteiger partial charge is 0.497 e. The number of sulfonamides is 1. The molecule has 0 saturated carbocycles. The molecule has 1 heterocycles. The molecular weight excluding hydrogens is 464 g/mol. The van der Waals surface area contributed by atoms with Crippen LogP contribution in [0.3, 0.4) is 0 Å². The molecule has 0 saturated heterocycles. The molecule has 0 bridgehead atoms. The molecule has 0 aliphatic rings. The summed E-state index contributed by atoms with van der Waals surface area (Å²) in [5, 5.41) is 0. The van der Waals surface area contributed by atoms with Gasteiger partial charge in [0.05, 0.1) is 17.7 Å². The van der Waals surface area contributed by atoms with E-state index < -0.39 is 10.0 Å². The lowest BCUT2D eigenvalue weighted by atomic mass is 9.95. The number of nitrogens with two attached hydrogens (primary N) is 1. The first-order valence-corrected chi connectivity index (χ1v) is 12.4. The van der Waals surface area contributed by atoms with E-state index in [9.17, 15) is 8.42 Å². The number of nitrogens with one attached hydrogen (secondary N) is 1. The summed E-state index contributed by atoms with van der Waals surface area (Å²) < 4.78 is 39.7. The predicted molar refractivity (Wildman–Crippen MR) is 136 cm³/mol. The highest BCUT2D eigenvalue weighted by Crippen LogP contribution is 2.32. The number of rotatable bonds is 8. The molecule has 3 aromatic carbocycles. The van der Waals surface area contributed by atoms with E-state index in [1.165, 1.54) is 12.1 Å².